The van der Waals surface area contributed by atoms with Gasteiger partial charge in [-0.2, -0.15) is 0 Å². The predicted molar refractivity (Wildman–Crippen MR) is 85.6 cm³/mol. The Kier molecular flexibility index (Phi) is 5.70. The van der Waals surface area contributed by atoms with E-state index in [2.05, 4.69) is 0 Å². The first kappa shape index (κ1) is 17.1. The van der Waals surface area contributed by atoms with Gasteiger partial charge in [0, 0.05) is 32.6 Å². The fraction of sp³-hybridized carbons (Fsp3) is 0.882. The summed E-state index contributed by atoms with van der Waals surface area (Å²) in [6.45, 7) is 8.92. The second-order valence-electron chi connectivity index (χ2n) is 7.56. The summed E-state index contributed by atoms with van der Waals surface area (Å²) < 4.78 is 5.42. The third-order valence-electron chi connectivity index (χ3n) is 4.42. The molecule has 0 bridgehead atoms. The number of rotatable bonds is 2. The number of carbonyl (C=O) groups is 2. The third kappa shape index (κ3) is 5.18. The lowest BCUT2D eigenvalue weighted by molar-refractivity contribution is -0.131. The molecule has 0 radical (unpaired) electrons. The van der Waals surface area contributed by atoms with Crippen LogP contribution in [0, 0.1) is 5.92 Å². The maximum Gasteiger partial charge on any atom is 0.410 e. The minimum atomic E-state index is -0.438. The van der Waals surface area contributed by atoms with Gasteiger partial charge in [0.2, 0.25) is 5.91 Å². The number of hydrogen-bond acceptors (Lipinski definition) is 3. The first-order valence-corrected chi connectivity index (χ1v) is 8.61. The second-order valence-corrected chi connectivity index (χ2v) is 7.56. The number of hydrogen-bond donors (Lipinski definition) is 0. The van der Waals surface area contributed by atoms with Gasteiger partial charge in [0.1, 0.15) is 5.60 Å². The highest BCUT2D eigenvalue weighted by molar-refractivity contribution is 5.76. The van der Waals surface area contributed by atoms with Gasteiger partial charge in [-0.3, -0.25) is 4.79 Å². The van der Waals surface area contributed by atoms with Crippen molar-refractivity contribution in [1.82, 2.24) is 9.80 Å². The van der Waals surface area contributed by atoms with E-state index in [1.807, 2.05) is 25.7 Å². The van der Waals surface area contributed by atoms with Crippen molar-refractivity contribution >= 4 is 12.0 Å². The first-order valence-electron chi connectivity index (χ1n) is 8.61. The van der Waals surface area contributed by atoms with Gasteiger partial charge in [0.05, 0.1) is 0 Å². The number of piperidine rings is 1. The summed E-state index contributed by atoms with van der Waals surface area (Å²) in [7, 11) is 0. The maximum atomic E-state index is 12.1. The van der Waals surface area contributed by atoms with Crippen LogP contribution in [0.15, 0.2) is 0 Å². The summed E-state index contributed by atoms with van der Waals surface area (Å²) >= 11 is 0. The van der Waals surface area contributed by atoms with Gasteiger partial charge in [0.25, 0.3) is 0 Å². The van der Waals surface area contributed by atoms with E-state index in [1.165, 1.54) is 6.42 Å². The highest BCUT2D eigenvalue weighted by Gasteiger charge is 2.28. The van der Waals surface area contributed by atoms with Crippen molar-refractivity contribution in [3.8, 4) is 0 Å². The summed E-state index contributed by atoms with van der Waals surface area (Å²) in [5.74, 6) is 0.827. The van der Waals surface area contributed by atoms with Crippen LogP contribution in [0.3, 0.4) is 0 Å². The Morgan fingerprint density at radius 3 is 2.45 bits per heavy atom. The van der Waals surface area contributed by atoms with Crippen LogP contribution in [0.1, 0.15) is 59.3 Å². The van der Waals surface area contributed by atoms with E-state index in [-0.39, 0.29) is 6.09 Å². The quantitative estimate of drug-likeness (QED) is 0.787. The van der Waals surface area contributed by atoms with Crippen molar-refractivity contribution < 1.29 is 14.3 Å². The number of ether oxygens (including phenoxy) is 1. The van der Waals surface area contributed by atoms with E-state index >= 15 is 0 Å². The highest BCUT2D eigenvalue weighted by Crippen LogP contribution is 2.22. The Morgan fingerprint density at radius 2 is 1.82 bits per heavy atom. The Bertz CT molecular complexity index is 395. The van der Waals surface area contributed by atoms with Gasteiger partial charge < -0.3 is 14.5 Å². The van der Waals surface area contributed by atoms with E-state index < -0.39 is 5.60 Å². The molecule has 5 heteroatoms. The molecular formula is C17H30N2O3. The number of likely N-dealkylation sites (tertiary alicyclic amines) is 2. The lowest BCUT2D eigenvalue weighted by Gasteiger charge is -2.35. The van der Waals surface area contributed by atoms with Crippen molar-refractivity contribution in [2.24, 2.45) is 5.92 Å². The molecule has 0 N–H and O–H groups in total. The maximum absolute atomic E-state index is 12.1. The molecule has 0 saturated carbocycles. The van der Waals surface area contributed by atoms with E-state index in [1.54, 1.807) is 4.90 Å². The monoisotopic (exact) mass is 310 g/mol. The Labute approximate surface area is 134 Å². The van der Waals surface area contributed by atoms with Crippen molar-refractivity contribution in [3.63, 3.8) is 0 Å². The van der Waals surface area contributed by atoms with Crippen LogP contribution in [-0.2, 0) is 9.53 Å². The summed E-state index contributed by atoms with van der Waals surface area (Å²) in [6, 6.07) is 0. The van der Waals surface area contributed by atoms with Gasteiger partial charge >= 0.3 is 6.09 Å². The van der Waals surface area contributed by atoms with Gasteiger partial charge in [-0.25, -0.2) is 4.79 Å². The molecule has 2 rings (SSSR count). The van der Waals surface area contributed by atoms with Crippen molar-refractivity contribution in [3.05, 3.63) is 0 Å². The smallest absolute Gasteiger partial charge is 0.410 e. The molecule has 22 heavy (non-hydrogen) atoms. The zero-order valence-electron chi connectivity index (χ0n) is 14.3. The van der Waals surface area contributed by atoms with E-state index in [4.69, 9.17) is 4.74 Å². The predicted octanol–water partition coefficient (Wildman–Crippen LogP) is 3.04. The minimum Gasteiger partial charge on any atom is -0.444 e. The summed E-state index contributed by atoms with van der Waals surface area (Å²) in [5.41, 5.74) is -0.438. The molecule has 0 unspecified atom stereocenters. The van der Waals surface area contributed by atoms with Gasteiger partial charge in [-0.05, 0) is 52.4 Å². The van der Waals surface area contributed by atoms with Crippen LogP contribution in [0.25, 0.3) is 0 Å². The molecule has 2 fully saturated rings. The lowest BCUT2D eigenvalue weighted by Crippen LogP contribution is -2.44. The molecular weight excluding hydrogens is 280 g/mol. The molecule has 2 heterocycles. The zero-order valence-corrected chi connectivity index (χ0v) is 14.3. The number of nitrogens with zero attached hydrogens (tertiary/aromatic N) is 2. The van der Waals surface area contributed by atoms with Crippen molar-refractivity contribution in [2.45, 2.75) is 64.9 Å². The minimum absolute atomic E-state index is 0.211. The van der Waals surface area contributed by atoms with E-state index in [0.29, 0.717) is 18.2 Å². The average molecular weight is 310 g/mol. The standard InChI is InChI=1S/C17H30N2O3/c1-17(2,3)22-16(21)18-11-8-14(9-12-18)13-19-10-6-4-5-7-15(19)20/h14H,4-13H2,1-3H3. The van der Waals surface area contributed by atoms with Crippen molar-refractivity contribution in [1.29, 1.82) is 0 Å². The number of amides is 2. The van der Waals surface area contributed by atoms with Gasteiger partial charge in [-0.15, -0.1) is 0 Å². The first-order chi connectivity index (χ1) is 10.3. The molecule has 0 aromatic rings. The summed E-state index contributed by atoms with van der Waals surface area (Å²) in [5, 5.41) is 0. The molecule has 0 aliphatic carbocycles. The molecule has 2 aliphatic heterocycles. The number of carbonyl (C=O) groups excluding carboxylic acids is 2. The molecule has 2 saturated heterocycles. The molecule has 2 aliphatic rings. The second kappa shape index (κ2) is 7.34. The topological polar surface area (TPSA) is 49.9 Å². The Morgan fingerprint density at radius 1 is 1.14 bits per heavy atom. The zero-order chi connectivity index (χ0) is 16.2. The Hall–Kier alpha value is -1.26. The van der Waals surface area contributed by atoms with Crippen molar-refractivity contribution in [2.75, 3.05) is 26.2 Å². The molecule has 0 aromatic carbocycles. The fourth-order valence-corrected chi connectivity index (χ4v) is 3.17. The van der Waals surface area contributed by atoms with Crippen LogP contribution in [0.2, 0.25) is 0 Å². The van der Waals surface area contributed by atoms with E-state index in [9.17, 15) is 9.59 Å². The van der Waals surface area contributed by atoms with Crippen LogP contribution in [0.5, 0.6) is 0 Å². The SMILES string of the molecule is CC(C)(C)OC(=O)N1CCC(CN2CCCCCC2=O)CC1. The molecule has 0 atom stereocenters. The summed E-state index contributed by atoms with van der Waals surface area (Å²) in [4.78, 5) is 27.9. The molecule has 5 nitrogen and oxygen atoms in total. The van der Waals surface area contributed by atoms with Crippen LogP contribution in [0.4, 0.5) is 4.79 Å². The van der Waals surface area contributed by atoms with Gasteiger partial charge in [-0.1, -0.05) is 6.42 Å². The Balaban J connectivity index is 1.77. The lowest BCUT2D eigenvalue weighted by atomic mass is 9.96. The molecule has 2 amide bonds. The summed E-state index contributed by atoms with van der Waals surface area (Å²) in [6.07, 6.45) is 5.74. The average Bonchev–Trinajstić information content (AvgIpc) is 2.63. The van der Waals surface area contributed by atoms with Crippen LogP contribution >= 0.6 is 0 Å². The molecule has 0 spiro atoms. The largest absolute Gasteiger partial charge is 0.444 e. The highest BCUT2D eigenvalue weighted by atomic mass is 16.6. The normalized spacial score (nSPS) is 21.7. The fourth-order valence-electron chi connectivity index (χ4n) is 3.17. The van der Waals surface area contributed by atoms with Crippen LogP contribution in [-0.4, -0.2) is 53.6 Å². The van der Waals surface area contributed by atoms with E-state index in [0.717, 1.165) is 51.9 Å². The molecule has 126 valence electrons. The molecule has 0 aromatic heterocycles. The van der Waals surface area contributed by atoms with Gasteiger partial charge in [0.15, 0.2) is 0 Å². The van der Waals surface area contributed by atoms with Crippen LogP contribution < -0.4 is 0 Å². The third-order valence-corrected chi connectivity index (χ3v) is 4.42.